The molecule has 2 rings (SSSR count). The smallest absolute Gasteiger partial charge is 0.433 e. The Balaban J connectivity index is 0.00000180. The molecule has 0 radical (unpaired) electrons. The van der Waals surface area contributed by atoms with Crippen molar-refractivity contribution in [3.05, 3.63) is 24.0 Å². The van der Waals surface area contributed by atoms with E-state index in [0.717, 1.165) is 38.2 Å². The molecule has 3 nitrogen and oxygen atoms in total. The zero-order valence-corrected chi connectivity index (χ0v) is 11.1. The summed E-state index contributed by atoms with van der Waals surface area (Å²) in [5.41, 5.74) is -0.912. The average molecular weight is 297 g/mol. The van der Waals surface area contributed by atoms with Gasteiger partial charge >= 0.3 is 6.18 Å². The molecule has 0 aromatic carbocycles. The summed E-state index contributed by atoms with van der Waals surface area (Å²) in [6, 6.07) is 2.40. The van der Waals surface area contributed by atoms with Crippen LogP contribution in [0, 0.1) is 5.92 Å². The van der Waals surface area contributed by atoms with E-state index in [4.69, 9.17) is 4.74 Å². The van der Waals surface area contributed by atoms with Gasteiger partial charge in [-0.1, -0.05) is 0 Å². The second kappa shape index (κ2) is 6.96. The van der Waals surface area contributed by atoms with Crippen molar-refractivity contribution >= 4 is 12.4 Å². The molecule has 1 fully saturated rings. The van der Waals surface area contributed by atoms with Crippen LogP contribution in [0.5, 0.6) is 5.75 Å². The second-order valence-corrected chi connectivity index (χ2v) is 4.38. The molecule has 1 aliphatic rings. The fourth-order valence-electron chi connectivity index (χ4n) is 1.92. The van der Waals surface area contributed by atoms with Gasteiger partial charge in [0.2, 0.25) is 0 Å². The standard InChI is InChI=1S/C12H15F3N2O.ClH/c13-12(14,15)11-7-10(3-6-17-11)18-8-9-1-4-16-5-2-9;/h3,6-7,9,16H,1-2,4-5,8H2;1H. The molecule has 108 valence electrons. The average Bonchev–Trinajstić information content (AvgIpc) is 2.37. The Labute approximate surface area is 116 Å². The molecule has 1 N–H and O–H groups in total. The predicted octanol–water partition coefficient (Wildman–Crippen LogP) is 2.90. The summed E-state index contributed by atoms with van der Waals surface area (Å²) >= 11 is 0. The lowest BCUT2D eigenvalue weighted by Gasteiger charge is -2.22. The van der Waals surface area contributed by atoms with Gasteiger partial charge in [0.05, 0.1) is 6.61 Å². The molecule has 19 heavy (non-hydrogen) atoms. The summed E-state index contributed by atoms with van der Waals surface area (Å²) in [6.45, 7) is 2.35. The molecule has 1 aliphatic heterocycles. The van der Waals surface area contributed by atoms with Crippen LogP contribution in [0.15, 0.2) is 18.3 Å². The summed E-state index contributed by atoms with van der Waals surface area (Å²) in [6.07, 6.45) is -1.30. The Morgan fingerprint density at radius 3 is 2.63 bits per heavy atom. The van der Waals surface area contributed by atoms with Crippen LogP contribution in [0.3, 0.4) is 0 Å². The monoisotopic (exact) mass is 296 g/mol. The van der Waals surface area contributed by atoms with E-state index in [9.17, 15) is 13.2 Å². The number of piperidine rings is 1. The molecule has 0 amide bonds. The number of ether oxygens (including phenoxy) is 1. The first-order chi connectivity index (χ1) is 8.55. The summed E-state index contributed by atoms with van der Waals surface area (Å²) in [5, 5.41) is 3.23. The van der Waals surface area contributed by atoms with Crippen LogP contribution in [0.1, 0.15) is 18.5 Å². The van der Waals surface area contributed by atoms with Crippen LogP contribution in [0.25, 0.3) is 0 Å². The SMILES string of the molecule is Cl.FC(F)(F)c1cc(OCC2CCNCC2)ccn1. The number of halogens is 4. The van der Waals surface area contributed by atoms with E-state index in [1.165, 1.54) is 6.07 Å². The quantitative estimate of drug-likeness (QED) is 0.931. The van der Waals surface area contributed by atoms with Crippen LogP contribution >= 0.6 is 12.4 Å². The van der Waals surface area contributed by atoms with Crippen molar-refractivity contribution in [2.45, 2.75) is 19.0 Å². The fraction of sp³-hybridized carbons (Fsp3) is 0.583. The van der Waals surface area contributed by atoms with Crippen molar-refractivity contribution in [3.8, 4) is 5.75 Å². The third-order valence-electron chi connectivity index (χ3n) is 2.97. The molecule has 1 saturated heterocycles. The highest BCUT2D eigenvalue weighted by Crippen LogP contribution is 2.29. The second-order valence-electron chi connectivity index (χ2n) is 4.38. The van der Waals surface area contributed by atoms with Crippen molar-refractivity contribution in [3.63, 3.8) is 0 Å². The number of nitrogens with one attached hydrogen (secondary N) is 1. The maximum absolute atomic E-state index is 12.4. The maximum Gasteiger partial charge on any atom is 0.433 e. The molecule has 0 saturated carbocycles. The van der Waals surface area contributed by atoms with Crippen LogP contribution in [0.2, 0.25) is 0 Å². The fourth-order valence-corrected chi connectivity index (χ4v) is 1.92. The first-order valence-electron chi connectivity index (χ1n) is 5.92. The zero-order chi connectivity index (χ0) is 13.0. The lowest BCUT2D eigenvalue weighted by Crippen LogP contribution is -2.30. The lowest BCUT2D eigenvalue weighted by molar-refractivity contribution is -0.141. The molecule has 7 heteroatoms. The van der Waals surface area contributed by atoms with Gasteiger partial charge in [-0.25, -0.2) is 0 Å². The van der Waals surface area contributed by atoms with E-state index in [-0.39, 0.29) is 18.2 Å². The summed E-state index contributed by atoms with van der Waals surface area (Å²) in [7, 11) is 0. The van der Waals surface area contributed by atoms with Gasteiger partial charge in [0, 0.05) is 12.3 Å². The number of aromatic nitrogens is 1. The van der Waals surface area contributed by atoms with Gasteiger partial charge in [-0.2, -0.15) is 13.2 Å². The molecule has 2 heterocycles. The molecular formula is C12H16ClF3N2O. The Hall–Kier alpha value is -1.01. The zero-order valence-electron chi connectivity index (χ0n) is 10.2. The maximum atomic E-state index is 12.4. The normalized spacial score (nSPS) is 16.8. The van der Waals surface area contributed by atoms with Crippen molar-refractivity contribution in [1.29, 1.82) is 0 Å². The van der Waals surface area contributed by atoms with E-state index >= 15 is 0 Å². The third-order valence-corrected chi connectivity index (χ3v) is 2.97. The Bertz CT molecular complexity index is 395. The lowest BCUT2D eigenvalue weighted by atomic mass is 9.99. The van der Waals surface area contributed by atoms with Gasteiger partial charge < -0.3 is 10.1 Å². The summed E-state index contributed by atoms with van der Waals surface area (Å²) in [5.74, 6) is 0.643. The van der Waals surface area contributed by atoms with Gasteiger partial charge in [0.15, 0.2) is 0 Å². The minimum Gasteiger partial charge on any atom is -0.493 e. The van der Waals surface area contributed by atoms with Gasteiger partial charge in [0.25, 0.3) is 0 Å². The highest BCUT2D eigenvalue weighted by atomic mass is 35.5. The van der Waals surface area contributed by atoms with E-state index in [1.807, 2.05) is 0 Å². The Kier molecular flexibility index (Phi) is 5.87. The molecule has 1 aromatic rings. The van der Waals surface area contributed by atoms with Crippen LogP contribution < -0.4 is 10.1 Å². The molecule has 0 spiro atoms. The highest BCUT2D eigenvalue weighted by Gasteiger charge is 2.32. The molecule has 0 atom stereocenters. The summed E-state index contributed by atoms with van der Waals surface area (Å²) in [4.78, 5) is 3.29. The largest absolute Gasteiger partial charge is 0.493 e. The third kappa shape index (κ3) is 4.87. The van der Waals surface area contributed by atoms with Crippen LogP contribution in [-0.4, -0.2) is 24.7 Å². The Morgan fingerprint density at radius 1 is 1.32 bits per heavy atom. The molecule has 0 unspecified atom stereocenters. The van der Waals surface area contributed by atoms with Crippen molar-refractivity contribution in [1.82, 2.24) is 10.3 Å². The van der Waals surface area contributed by atoms with Crippen molar-refractivity contribution < 1.29 is 17.9 Å². The minimum absolute atomic E-state index is 0. The molecule has 0 bridgehead atoms. The van der Waals surface area contributed by atoms with Crippen LogP contribution in [0.4, 0.5) is 13.2 Å². The molecular weight excluding hydrogens is 281 g/mol. The van der Waals surface area contributed by atoms with Crippen molar-refractivity contribution in [2.75, 3.05) is 19.7 Å². The first-order valence-corrected chi connectivity index (χ1v) is 5.92. The number of rotatable bonds is 3. The van der Waals surface area contributed by atoms with Gasteiger partial charge in [-0.3, -0.25) is 4.98 Å². The molecule has 0 aliphatic carbocycles. The van der Waals surface area contributed by atoms with E-state index < -0.39 is 11.9 Å². The topological polar surface area (TPSA) is 34.1 Å². The number of alkyl halides is 3. The van der Waals surface area contributed by atoms with Gasteiger partial charge in [-0.05, 0) is 37.9 Å². The van der Waals surface area contributed by atoms with E-state index in [2.05, 4.69) is 10.3 Å². The number of hydrogen-bond donors (Lipinski definition) is 1. The van der Waals surface area contributed by atoms with E-state index in [1.54, 1.807) is 0 Å². The van der Waals surface area contributed by atoms with Gasteiger partial charge in [0.1, 0.15) is 11.4 Å². The first kappa shape index (κ1) is 16.0. The van der Waals surface area contributed by atoms with Gasteiger partial charge in [-0.15, -0.1) is 12.4 Å². The predicted molar refractivity (Wildman–Crippen MR) is 67.6 cm³/mol. The summed E-state index contributed by atoms with van der Waals surface area (Å²) < 4.78 is 42.7. The minimum atomic E-state index is -4.42. The van der Waals surface area contributed by atoms with Crippen LogP contribution in [-0.2, 0) is 6.18 Å². The number of pyridine rings is 1. The Morgan fingerprint density at radius 2 is 2.00 bits per heavy atom. The number of nitrogens with zero attached hydrogens (tertiary/aromatic N) is 1. The number of hydrogen-bond acceptors (Lipinski definition) is 3. The molecule has 1 aromatic heterocycles. The van der Waals surface area contributed by atoms with Crippen molar-refractivity contribution in [2.24, 2.45) is 5.92 Å². The highest BCUT2D eigenvalue weighted by molar-refractivity contribution is 5.85. The van der Waals surface area contributed by atoms with E-state index in [0.29, 0.717) is 12.5 Å².